The lowest BCUT2D eigenvalue weighted by atomic mass is 10.1. The van der Waals surface area contributed by atoms with Crippen LogP contribution in [0.5, 0.6) is 0 Å². The largest absolute Gasteiger partial charge is 0.457 e. The Morgan fingerprint density at radius 2 is 1.87 bits per heavy atom. The molecule has 0 spiro atoms. The van der Waals surface area contributed by atoms with Crippen molar-refractivity contribution in [3.05, 3.63) is 86.4 Å². The van der Waals surface area contributed by atoms with Gasteiger partial charge in [0, 0.05) is 11.6 Å². The molecule has 0 saturated carbocycles. The van der Waals surface area contributed by atoms with Crippen LogP contribution < -0.4 is 0 Å². The Morgan fingerprint density at radius 3 is 2.63 bits per heavy atom. The molecule has 30 heavy (non-hydrogen) atoms. The summed E-state index contributed by atoms with van der Waals surface area (Å²) < 4.78 is 5.79. The number of benzene rings is 2. The first-order valence-corrected chi connectivity index (χ1v) is 10.3. The Balaban J connectivity index is 1.56. The molecule has 4 rings (SSSR count). The lowest BCUT2D eigenvalue weighted by molar-refractivity contribution is -0.123. The second kappa shape index (κ2) is 8.41. The van der Waals surface area contributed by atoms with Crippen molar-refractivity contribution < 1.29 is 14.0 Å². The van der Waals surface area contributed by atoms with Gasteiger partial charge in [-0.3, -0.25) is 14.5 Å². The third-order valence-corrected chi connectivity index (χ3v) is 6.06. The monoisotopic (exact) mass is 454 g/mol. The van der Waals surface area contributed by atoms with Crippen LogP contribution in [0.1, 0.15) is 16.9 Å². The maximum Gasteiger partial charge on any atom is 0.293 e. The molecule has 0 radical (unpaired) electrons. The molecule has 0 bridgehead atoms. The predicted octanol–water partition coefficient (Wildman–Crippen LogP) is 6.36. The fraction of sp³-hybridized carbons (Fsp3) is 0.0455. The first-order chi connectivity index (χ1) is 14.5. The minimum absolute atomic E-state index is 0.0951. The van der Waals surface area contributed by atoms with Gasteiger partial charge in [-0.1, -0.05) is 41.4 Å². The van der Waals surface area contributed by atoms with E-state index in [9.17, 15) is 14.9 Å². The van der Waals surface area contributed by atoms with Gasteiger partial charge in [0.2, 0.25) is 0 Å². The molecule has 8 heteroatoms. The zero-order valence-corrected chi connectivity index (χ0v) is 17.6. The molecule has 0 atom stereocenters. The summed E-state index contributed by atoms with van der Waals surface area (Å²) in [5.74, 6) is 0.512. The van der Waals surface area contributed by atoms with E-state index >= 15 is 0 Å². The molecular weight excluding hydrogens is 443 g/mol. The first-order valence-electron chi connectivity index (χ1n) is 8.75. The Hall–Kier alpha value is -2.98. The van der Waals surface area contributed by atoms with Crippen LogP contribution >= 0.6 is 35.0 Å². The van der Waals surface area contributed by atoms with Crippen LogP contribution in [-0.2, 0) is 11.3 Å². The minimum Gasteiger partial charge on any atom is -0.457 e. The number of amides is 2. The maximum atomic E-state index is 12.7. The summed E-state index contributed by atoms with van der Waals surface area (Å²) in [4.78, 5) is 26.5. The Labute approximate surface area is 186 Å². The van der Waals surface area contributed by atoms with Crippen LogP contribution in [0.15, 0.2) is 63.9 Å². The lowest BCUT2D eigenvalue weighted by Gasteiger charge is -2.12. The molecule has 0 aliphatic carbocycles. The van der Waals surface area contributed by atoms with E-state index in [1.54, 1.807) is 48.5 Å². The summed E-state index contributed by atoms with van der Waals surface area (Å²) in [5, 5.41) is 9.64. The van der Waals surface area contributed by atoms with Crippen molar-refractivity contribution in [3.8, 4) is 17.4 Å². The summed E-state index contributed by atoms with van der Waals surface area (Å²) in [6, 6.07) is 17.6. The molecule has 1 fully saturated rings. The predicted molar refractivity (Wildman–Crippen MR) is 117 cm³/mol. The number of hydrogen-bond acceptors (Lipinski definition) is 5. The van der Waals surface area contributed by atoms with Crippen LogP contribution in [0.2, 0.25) is 10.0 Å². The van der Waals surface area contributed by atoms with Crippen LogP contribution in [0.25, 0.3) is 17.4 Å². The number of imide groups is 1. The van der Waals surface area contributed by atoms with Gasteiger partial charge in [-0.2, -0.15) is 5.26 Å². The van der Waals surface area contributed by atoms with E-state index in [4.69, 9.17) is 27.6 Å². The average Bonchev–Trinajstić information content (AvgIpc) is 3.31. The molecule has 148 valence electrons. The van der Waals surface area contributed by atoms with Gasteiger partial charge in [-0.15, -0.1) is 0 Å². The van der Waals surface area contributed by atoms with Crippen LogP contribution in [-0.4, -0.2) is 16.0 Å². The van der Waals surface area contributed by atoms with Crippen molar-refractivity contribution in [3.63, 3.8) is 0 Å². The third kappa shape index (κ3) is 4.01. The van der Waals surface area contributed by atoms with Gasteiger partial charge in [-0.25, -0.2) is 0 Å². The molecule has 1 aliphatic rings. The molecule has 0 N–H and O–H groups in total. The van der Waals surface area contributed by atoms with Crippen molar-refractivity contribution in [2.75, 3.05) is 0 Å². The van der Waals surface area contributed by atoms with E-state index in [1.807, 2.05) is 6.07 Å². The van der Waals surface area contributed by atoms with Gasteiger partial charge >= 0.3 is 0 Å². The molecule has 3 aromatic rings. The molecule has 1 saturated heterocycles. The van der Waals surface area contributed by atoms with Gasteiger partial charge in [0.15, 0.2) is 0 Å². The maximum absolute atomic E-state index is 12.7. The van der Waals surface area contributed by atoms with E-state index in [1.165, 1.54) is 6.08 Å². The van der Waals surface area contributed by atoms with Gasteiger partial charge in [0.1, 0.15) is 11.5 Å². The zero-order chi connectivity index (χ0) is 21.3. The molecule has 1 aliphatic heterocycles. The third-order valence-electron chi connectivity index (χ3n) is 4.41. The number of furan rings is 1. The fourth-order valence-corrected chi connectivity index (χ4v) is 4.10. The van der Waals surface area contributed by atoms with Crippen molar-refractivity contribution in [2.24, 2.45) is 0 Å². The number of hydrogen-bond donors (Lipinski definition) is 0. The molecule has 2 heterocycles. The van der Waals surface area contributed by atoms with Crippen molar-refractivity contribution >= 4 is 52.2 Å². The minimum atomic E-state index is -0.411. The molecule has 5 nitrogen and oxygen atoms in total. The molecule has 1 aromatic heterocycles. The summed E-state index contributed by atoms with van der Waals surface area (Å²) >= 11 is 12.8. The zero-order valence-electron chi connectivity index (χ0n) is 15.3. The average molecular weight is 455 g/mol. The second-order valence-corrected chi connectivity index (χ2v) is 8.18. The first kappa shape index (κ1) is 20.3. The summed E-state index contributed by atoms with van der Waals surface area (Å²) in [6.45, 7) is 0.0951. The highest BCUT2D eigenvalue weighted by Crippen LogP contribution is 2.35. The van der Waals surface area contributed by atoms with E-state index < -0.39 is 5.91 Å². The van der Waals surface area contributed by atoms with Crippen LogP contribution in [0, 0.1) is 11.3 Å². The Morgan fingerprint density at radius 1 is 1.07 bits per heavy atom. The number of nitrogens with zero attached hydrogens (tertiary/aromatic N) is 2. The quantitative estimate of drug-likeness (QED) is 0.428. The van der Waals surface area contributed by atoms with Gasteiger partial charge in [-0.05, 0) is 53.7 Å². The number of rotatable bonds is 4. The second-order valence-electron chi connectivity index (χ2n) is 6.38. The standard InChI is InChI=1S/C22H12Cl2N2O3S/c23-17-7-5-13(9-18(17)24)12-26-21(27)20(30-22(26)28)10-15-6-8-19(29-15)16-4-2-1-3-14(16)11-25/h1-10H,12H2/b20-10-. The molecule has 2 aromatic carbocycles. The molecular formula is C22H12Cl2N2O3S. The smallest absolute Gasteiger partial charge is 0.293 e. The van der Waals surface area contributed by atoms with Crippen LogP contribution in [0.3, 0.4) is 0 Å². The van der Waals surface area contributed by atoms with Gasteiger partial charge < -0.3 is 4.42 Å². The summed E-state index contributed by atoms with van der Waals surface area (Å²) in [5.41, 5.74) is 1.84. The highest BCUT2D eigenvalue weighted by Gasteiger charge is 2.35. The van der Waals surface area contributed by atoms with E-state index in [0.29, 0.717) is 38.3 Å². The summed E-state index contributed by atoms with van der Waals surface area (Å²) in [7, 11) is 0. The molecule has 0 unspecified atom stereocenters. The Bertz CT molecular complexity index is 1240. The number of nitriles is 1. The van der Waals surface area contributed by atoms with Gasteiger partial charge in [0.05, 0.1) is 33.1 Å². The van der Waals surface area contributed by atoms with E-state index in [0.717, 1.165) is 16.7 Å². The highest BCUT2D eigenvalue weighted by atomic mass is 35.5. The molecule has 2 amide bonds. The highest BCUT2D eigenvalue weighted by molar-refractivity contribution is 8.18. The number of carbonyl (C=O) groups excluding carboxylic acids is 2. The Kier molecular flexibility index (Phi) is 5.69. The topological polar surface area (TPSA) is 74.3 Å². The lowest BCUT2D eigenvalue weighted by Crippen LogP contribution is -2.27. The van der Waals surface area contributed by atoms with Crippen LogP contribution in [0.4, 0.5) is 4.79 Å². The fourth-order valence-electron chi connectivity index (χ4n) is 2.96. The van der Waals surface area contributed by atoms with Gasteiger partial charge in [0.25, 0.3) is 11.1 Å². The number of thioether (sulfide) groups is 1. The van der Waals surface area contributed by atoms with E-state index in [-0.39, 0.29) is 16.7 Å². The van der Waals surface area contributed by atoms with Crippen molar-refractivity contribution in [1.29, 1.82) is 5.26 Å². The SMILES string of the molecule is N#Cc1ccccc1-c1ccc(/C=C2\SC(=O)N(Cc3ccc(Cl)c(Cl)c3)C2=O)o1. The number of carbonyl (C=O) groups is 2. The summed E-state index contributed by atoms with van der Waals surface area (Å²) in [6.07, 6.45) is 1.53. The number of halogens is 2. The van der Waals surface area contributed by atoms with E-state index in [2.05, 4.69) is 6.07 Å². The normalized spacial score (nSPS) is 15.1. The van der Waals surface area contributed by atoms with Crippen molar-refractivity contribution in [1.82, 2.24) is 4.90 Å². The van der Waals surface area contributed by atoms with Crippen molar-refractivity contribution in [2.45, 2.75) is 6.54 Å².